The highest BCUT2D eigenvalue weighted by atomic mass is 35.5. The summed E-state index contributed by atoms with van der Waals surface area (Å²) in [5, 5.41) is 7.23. The lowest BCUT2D eigenvalue weighted by Gasteiger charge is -2.11. The average molecular weight is 453 g/mol. The molecule has 0 bridgehead atoms. The largest absolute Gasteiger partial charge is 0.321 e. The van der Waals surface area contributed by atoms with Gasteiger partial charge in [-0.25, -0.2) is 13.1 Å². The van der Waals surface area contributed by atoms with Gasteiger partial charge in [0.15, 0.2) is 5.69 Å². The molecule has 0 aliphatic rings. The van der Waals surface area contributed by atoms with Gasteiger partial charge in [0.1, 0.15) is 0 Å². The van der Waals surface area contributed by atoms with Crippen LogP contribution in [0.25, 0.3) is 5.69 Å². The van der Waals surface area contributed by atoms with Gasteiger partial charge in [-0.3, -0.25) is 9.52 Å². The van der Waals surface area contributed by atoms with Gasteiger partial charge in [-0.1, -0.05) is 48.0 Å². The molecule has 4 aromatic rings. The van der Waals surface area contributed by atoms with Gasteiger partial charge in [0, 0.05) is 11.9 Å². The van der Waals surface area contributed by atoms with Gasteiger partial charge in [0.05, 0.1) is 21.3 Å². The number of amides is 1. The van der Waals surface area contributed by atoms with Crippen LogP contribution in [-0.2, 0) is 10.0 Å². The molecule has 0 aliphatic carbocycles. The van der Waals surface area contributed by atoms with Gasteiger partial charge >= 0.3 is 0 Å². The van der Waals surface area contributed by atoms with Gasteiger partial charge in [-0.05, 0) is 48.5 Å². The number of carbonyl (C=O) groups is 1. The van der Waals surface area contributed by atoms with E-state index in [1.807, 2.05) is 30.3 Å². The number of para-hydroxylation sites is 2. The topological polar surface area (TPSA) is 93.1 Å². The van der Waals surface area contributed by atoms with Crippen molar-refractivity contribution in [3.63, 3.8) is 0 Å². The summed E-state index contributed by atoms with van der Waals surface area (Å²) in [7, 11) is -3.90. The van der Waals surface area contributed by atoms with Gasteiger partial charge in [0.25, 0.3) is 15.9 Å². The normalized spacial score (nSPS) is 11.1. The number of rotatable bonds is 6. The molecule has 2 N–H and O–H groups in total. The van der Waals surface area contributed by atoms with E-state index >= 15 is 0 Å². The van der Waals surface area contributed by atoms with Crippen molar-refractivity contribution in [1.29, 1.82) is 0 Å². The van der Waals surface area contributed by atoms with Crippen molar-refractivity contribution >= 4 is 38.9 Å². The molecule has 0 atom stereocenters. The Hall–Kier alpha value is -3.62. The molecule has 1 aromatic heterocycles. The molecule has 4 rings (SSSR count). The Morgan fingerprint density at radius 1 is 0.903 bits per heavy atom. The number of hydrogen-bond acceptors (Lipinski definition) is 4. The Morgan fingerprint density at radius 2 is 1.65 bits per heavy atom. The van der Waals surface area contributed by atoms with E-state index in [9.17, 15) is 13.2 Å². The molecular formula is C22H17ClN4O3S. The predicted octanol–water partition coefficient (Wildman–Crippen LogP) is 4.58. The molecule has 0 saturated carbocycles. The van der Waals surface area contributed by atoms with E-state index in [1.54, 1.807) is 53.3 Å². The smallest absolute Gasteiger partial charge is 0.276 e. The van der Waals surface area contributed by atoms with Crippen molar-refractivity contribution < 1.29 is 13.2 Å². The quantitative estimate of drug-likeness (QED) is 0.448. The Morgan fingerprint density at radius 3 is 2.42 bits per heavy atom. The lowest BCUT2D eigenvalue weighted by atomic mass is 10.3. The van der Waals surface area contributed by atoms with Crippen LogP contribution in [0.3, 0.4) is 0 Å². The predicted molar refractivity (Wildman–Crippen MR) is 120 cm³/mol. The molecule has 0 radical (unpaired) electrons. The summed E-state index contributed by atoms with van der Waals surface area (Å²) < 4.78 is 29.5. The minimum Gasteiger partial charge on any atom is -0.321 e. The summed E-state index contributed by atoms with van der Waals surface area (Å²) in [4.78, 5) is 12.6. The van der Waals surface area contributed by atoms with Crippen LogP contribution >= 0.6 is 11.6 Å². The maximum Gasteiger partial charge on any atom is 0.276 e. The Labute approximate surface area is 184 Å². The van der Waals surface area contributed by atoms with Crippen molar-refractivity contribution in [1.82, 2.24) is 9.78 Å². The second-order valence-corrected chi connectivity index (χ2v) is 8.64. The van der Waals surface area contributed by atoms with Crippen LogP contribution in [0.5, 0.6) is 0 Å². The molecule has 1 heterocycles. The molecule has 156 valence electrons. The minimum atomic E-state index is -3.90. The number of aromatic nitrogens is 2. The summed E-state index contributed by atoms with van der Waals surface area (Å²) in [6.07, 6.45) is 1.68. The lowest BCUT2D eigenvalue weighted by Crippen LogP contribution is -2.15. The van der Waals surface area contributed by atoms with E-state index in [0.717, 1.165) is 5.69 Å². The zero-order chi connectivity index (χ0) is 21.8. The third kappa shape index (κ3) is 4.76. The Bertz CT molecular complexity index is 1340. The monoisotopic (exact) mass is 452 g/mol. The molecule has 0 aliphatic heterocycles. The van der Waals surface area contributed by atoms with E-state index < -0.39 is 15.9 Å². The third-order valence-corrected chi connectivity index (χ3v) is 6.06. The number of sulfonamides is 1. The van der Waals surface area contributed by atoms with Gasteiger partial charge in [-0.2, -0.15) is 5.10 Å². The van der Waals surface area contributed by atoms with E-state index in [1.165, 1.54) is 12.1 Å². The van der Waals surface area contributed by atoms with Crippen LogP contribution < -0.4 is 10.0 Å². The molecule has 0 saturated heterocycles. The highest BCUT2D eigenvalue weighted by Gasteiger charge is 2.17. The second-order valence-electron chi connectivity index (χ2n) is 6.55. The van der Waals surface area contributed by atoms with Crippen LogP contribution in [0.4, 0.5) is 11.4 Å². The first kappa shape index (κ1) is 20.6. The first-order chi connectivity index (χ1) is 14.9. The molecule has 1 amide bonds. The molecule has 3 aromatic carbocycles. The summed E-state index contributed by atoms with van der Waals surface area (Å²) in [5.74, 6) is -0.455. The SMILES string of the molecule is O=C(Nc1cccc(S(=O)(=O)Nc2ccccc2Cl)c1)c1ccn(-c2ccccc2)n1. The van der Waals surface area contributed by atoms with E-state index in [4.69, 9.17) is 11.6 Å². The Kier molecular flexibility index (Phi) is 5.75. The minimum absolute atomic E-state index is 0.0139. The highest BCUT2D eigenvalue weighted by Crippen LogP contribution is 2.25. The van der Waals surface area contributed by atoms with E-state index in [0.29, 0.717) is 5.69 Å². The Balaban J connectivity index is 1.52. The third-order valence-electron chi connectivity index (χ3n) is 4.36. The number of anilines is 2. The van der Waals surface area contributed by atoms with Crippen LogP contribution in [0.15, 0.2) is 96.0 Å². The van der Waals surface area contributed by atoms with Crippen molar-refractivity contribution in [2.75, 3.05) is 10.0 Å². The molecule has 31 heavy (non-hydrogen) atoms. The lowest BCUT2D eigenvalue weighted by molar-refractivity contribution is 0.102. The zero-order valence-electron chi connectivity index (χ0n) is 16.1. The molecule has 0 fully saturated rings. The highest BCUT2D eigenvalue weighted by molar-refractivity contribution is 7.92. The average Bonchev–Trinajstić information content (AvgIpc) is 3.27. The van der Waals surface area contributed by atoms with Crippen molar-refractivity contribution in [2.45, 2.75) is 4.90 Å². The van der Waals surface area contributed by atoms with Gasteiger partial charge < -0.3 is 5.32 Å². The summed E-state index contributed by atoms with van der Waals surface area (Å²) in [6, 6.07) is 23.4. The second kappa shape index (κ2) is 8.63. The van der Waals surface area contributed by atoms with Crippen molar-refractivity contribution in [3.05, 3.63) is 102 Å². The van der Waals surface area contributed by atoms with Gasteiger partial charge in [-0.15, -0.1) is 0 Å². The summed E-state index contributed by atoms with van der Waals surface area (Å²) >= 11 is 6.04. The van der Waals surface area contributed by atoms with Gasteiger partial charge in [0.2, 0.25) is 0 Å². The van der Waals surface area contributed by atoms with Crippen molar-refractivity contribution in [2.24, 2.45) is 0 Å². The van der Waals surface area contributed by atoms with E-state index in [2.05, 4.69) is 15.1 Å². The molecule has 9 heteroatoms. The fourth-order valence-electron chi connectivity index (χ4n) is 2.85. The van der Waals surface area contributed by atoms with Crippen LogP contribution in [0, 0.1) is 0 Å². The number of carbonyl (C=O) groups excluding carboxylic acids is 1. The molecule has 0 spiro atoms. The number of benzene rings is 3. The summed E-state index contributed by atoms with van der Waals surface area (Å²) in [6.45, 7) is 0. The number of hydrogen-bond donors (Lipinski definition) is 2. The molecule has 0 unspecified atom stereocenters. The molecule has 7 nitrogen and oxygen atoms in total. The van der Waals surface area contributed by atoms with Crippen molar-refractivity contribution in [3.8, 4) is 5.69 Å². The zero-order valence-corrected chi connectivity index (χ0v) is 17.6. The van der Waals surface area contributed by atoms with Crippen LogP contribution in [0.2, 0.25) is 5.02 Å². The fourth-order valence-corrected chi connectivity index (χ4v) is 4.22. The van der Waals surface area contributed by atoms with Crippen LogP contribution in [-0.4, -0.2) is 24.1 Å². The van der Waals surface area contributed by atoms with E-state index in [-0.39, 0.29) is 21.3 Å². The number of nitrogens with zero attached hydrogens (tertiary/aromatic N) is 2. The van der Waals surface area contributed by atoms with Crippen LogP contribution in [0.1, 0.15) is 10.5 Å². The number of nitrogens with one attached hydrogen (secondary N) is 2. The summed E-state index contributed by atoms with van der Waals surface area (Å²) in [5.41, 5.74) is 1.61. The number of halogens is 1. The maximum atomic E-state index is 12.7. The molecular weight excluding hydrogens is 436 g/mol. The fraction of sp³-hybridized carbons (Fsp3) is 0. The first-order valence-electron chi connectivity index (χ1n) is 9.22. The maximum absolute atomic E-state index is 12.7. The first-order valence-corrected chi connectivity index (χ1v) is 11.1. The standard InChI is InChI=1S/C22H17ClN4O3S/c23-19-11-4-5-12-20(19)26-31(29,30)18-10-6-7-16(15-18)24-22(28)21-13-14-27(25-21)17-8-2-1-3-9-17/h1-15,26H,(H,24,28).